The average Bonchev–Trinajstić information content (AvgIpc) is 1.87. The molecule has 1 saturated carbocycles. The first-order valence-corrected chi connectivity index (χ1v) is 6.35. The monoisotopic (exact) mass is 218 g/mol. The van der Waals surface area contributed by atoms with Gasteiger partial charge in [-0.3, -0.25) is 0 Å². The summed E-state index contributed by atoms with van der Waals surface area (Å²) in [5, 5.41) is 8.91. The van der Waals surface area contributed by atoms with Gasteiger partial charge >= 0.3 is 0 Å². The fourth-order valence-corrected chi connectivity index (χ4v) is 1.08. The summed E-state index contributed by atoms with van der Waals surface area (Å²) < 4.78 is 9.09. The quantitative estimate of drug-likeness (QED) is 0.635. The van der Waals surface area contributed by atoms with Gasteiger partial charge < -0.3 is 5.11 Å². The summed E-state index contributed by atoms with van der Waals surface area (Å²) in [6.07, 6.45) is 5.92. The molecule has 0 amide bonds. The van der Waals surface area contributed by atoms with E-state index in [1.807, 2.05) is 0 Å². The topological polar surface area (TPSA) is 37.3 Å². The van der Waals surface area contributed by atoms with Gasteiger partial charge in [-0.1, -0.05) is 19.3 Å². The summed E-state index contributed by atoms with van der Waals surface area (Å²) in [4.78, 5) is 0. The van der Waals surface area contributed by atoms with Gasteiger partial charge in [-0.15, -0.1) is 0 Å². The van der Waals surface area contributed by atoms with E-state index in [2.05, 4.69) is 21.4 Å². The van der Waals surface area contributed by atoms with Crippen molar-refractivity contribution in [3.63, 3.8) is 0 Å². The molecular formula is C6H12Cl2O2S. The maximum atomic E-state index is 9.09. The Hall–Kier alpha value is 0.690. The van der Waals surface area contributed by atoms with Crippen LogP contribution in [0.1, 0.15) is 32.1 Å². The Kier molecular flexibility index (Phi) is 7.81. The van der Waals surface area contributed by atoms with Crippen LogP contribution in [0.15, 0.2) is 0 Å². The van der Waals surface area contributed by atoms with E-state index in [-0.39, 0.29) is 6.10 Å². The summed E-state index contributed by atoms with van der Waals surface area (Å²) in [5.74, 6) is 0. The van der Waals surface area contributed by atoms with Crippen molar-refractivity contribution in [1.29, 1.82) is 0 Å². The Bertz CT molecular complexity index is 111. The van der Waals surface area contributed by atoms with E-state index in [9.17, 15) is 0 Å². The predicted octanol–water partition coefficient (Wildman–Crippen LogP) is 2.35. The van der Waals surface area contributed by atoms with E-state index >= 15 is 0 Å². The standard InChI is InChI=1S/C6H12O.Cl2OS/c7-6-4-2-1-3-5-6;1-4(2)3/h6-7H,1-5H2;. The van der Waals surface area contributed by atoms with Gasteiger partial charge in [-0.25, -0.2) is 4.21 Å². The smallest absolute Gasteiger partial charge is 0.211 e. The number of rotatable bonds is 0. The van der Waals surface area contributed by atoms with Crippen molar-refractivity contribution in [3.8, 4) is 0 Å². The molecule has 0 spiro atoms. The van der Waals surface area contributed by atoms with Gasteiger partial charge in [0.2, 0.25) is 9.23 Å². The Balaban J connectivity index is 0.000000218. The van der Waals surface area contributed by atoms with Crippen LogP contribution < -0.4 is 0 Å². The van der Waals surface area contributed by atoms with Crippen molar-refractivity contribution >= 4 is 30.6 Å². The van der Waals surface area contributed by atoms with Crippen LogP contribution in [-0.4, -0.2) is 15.4 Å². The Morgan fingerprint density at radius 1 is 1.18 bits per heavy atom. The zero-order valence-electron chi connectivity index (χ0n) is 6.13. The maximum absolute atomic E-state index is 9.09. The zero-order valence-corrected chi connectivity index (χ0v) is 8.46. The Labute approximate surface area is 78.3 Å². The molecule has 1 aliphatic rings. The van der Waals surface area contributed by atoms with Crippen LogP contribution in [0.5, 0.6) is 0 Å². The van der Waals surface area contributed by atoms with Gasteiger partial charge in [0.25, 0.3) is 0 Å². The van der Waals surface area contributed by atoms with Crippen LogP contribution >= 0.6 is 21.4 Å². The highest BCUT2D eigenvalue weighted by Crippen LogP contribution is 2.16. The number of hydrogen-bond donors (Lipinski definition) is 1. The van der Waals surface area contributed by atoms with E-state index in [4.69, 9.17) is 9.32 Å². The molecule has 0 aliphatic heterocycles. The summed E-state index contributed by atoms with van der Waals surface area (Å²) in [7, 11) is 7.36. The highest BCUT2D eigenvalue weighted by Gasteiger charge is 2.07. The van der Waals surface area contributed by atoms with Crippen molar-refractivity contribution in [2.24, 2.45) is 0 Å². The lowest BCUT2D eigenvalue weighted by molar-refractivity contribution is 0.130. The first-order valence-electron chi connectivity index (χ1n) is 3.55. The predicted molar refractivity (Wildman–Crippen MR) is 48.9 cm³/mol. The largest absolute Gasteiger partial charge is 0.393 e. The molecule has 0 aromatic rings. The molecule has 0 heterocycles. The summed E-state index contributed by atoms with van der Waals surface area (Å²) in [5.41, 5.74) is 0. The van der Waals surface area contributed by atoms with Crippen molar-refractivity contribution in [3.05, 3.63) is 0 Å². The number of hydrogen-bond acceptors (Lipinski definition) is 2. The van der Waals surface area contributed by atoms with Gasteiger partial charge in [0.15, 0.2) is 0 Å². The van der Waals surface area contributed by atoms with Crippen LogP contribution in [0.3, 0.4) is 0 Å². The van der Waals surface area contributed by atoms with Crippen molar-refractivity contribution in [1.82, 2.24) is 0 Å². The summed E-state index contributed by atoms with van der Waals surface area (Å²) in [6.45, 7) is 0. The third-order valence-electron chi connectivity index (χ3n) is 1.57. The SMILES string of the molecule is O=S(Cl)Cl.OC1CCCCC1. The maximum Gasteiger partial charge on any atom is 0.211 e. The Morgan fingerprint density at radius 3 is 1.73 bits per heavy atom. The lowest BCUT2D eigenvalue weighted by atomic mass is 9.98. The first-order chi connectivity index (χ1) is 5.13. The van der Waals surface area contributed by atoms with E-state index in [0.29, 0.717) is 0 Å². The summed E-state index contributed by atoms with van der Waals surface area (Å²) >= 11 is 0. The molecule has 68 valence electrons. The van der Waals surface area contributed by atoms with Gasteiger partial charge in [-0.05, 0) is 12.8 Å². The van der Waals surface area contributed by atoms with Crippen LogP contribution in [0.25, 0.3) is 0 Å². The fraction of sp³-hybridized carbons (Fsp3) is 1.00. The average molecular weight is 219 g/mol. The first kappa shape index (κ1) is 11.7. The normalized spacial score (nSPS) is 19.3. The van der Waals surface area contributed by atoms with Crippen molar-refractivity contribution in [2.45, 2.75) is 38.2 Å². The van der Waals surface area contributed by atoms with E-state index in [0.717, 1.165) is 12.8 Å². The summed E-state index contributed by atoms with van der Waals surface area (Å²) in [6, 6.07) is 0. The highest BCUT2D eigenvalue weighted by atomic mass is 36.0. The fourth-order valence-electron chi connectivity index (χ4n) is 1.08. The minimum Gasteiger partial charge on any atom is -0.393 e. The van der Waals surface area contributed by atoms with E-state index in [1.165, 1.54) is 19.3 Å². The minimum absolute atomic E-state index is 0.0359. The second-order valence-corrected chi connectivity index (χ2v) is 5.00. The second-order valence-electron chi connectivity index (χ2n) is 2.48. The lowest BCUT2D eigenvalue weighted by Crippen LogP contribution is -2.09. The van der Waals surface area contributed by atoms with Gasteiger partial charge in [0.1, 0.15) is 0 Å². The molecule has 11 heavy (non-hydrogen) atoms. The van der Waals surface area contributed by atoms with E-state index in [1.54, 1.807) is 0 Å². The lowest BCUT2D eigenvalue weighted by Gasteiger charge is -2.14. The van der Waals surface area contributed by atoms with Crippen LogP contribution in [0, 0.1) is 0 Å². The molecule has 0 unspecified atom stereocenters. The van der Waals surface area contributed by atoms with E-state index < -0.39 is 9.23 Å². The molecule has 0 saturated heterocycles. The molecule has 1 rings (SSSR count). The molecule has 1 aliphatic carbocycles. The van der Waals surface area contributed by atoms with Crippen molar-refractivity contribution in [2.75, 3.05) is 0 Å². The molecule has 1 N–H and O–H groups in total. The van der Waals surface area contributed by atoms with Crippen LogP contribution in [0.2, 0.25) is 0 Å². The van der Waals surface area contributed by atoms with Crippen molar-refractivity contribution < 1.29 is 9.32 Å². The van der Waals surface area contributed by atoms with Gasteiger partial charge in [0, 0.05) is 21.4 Å². The van der Waals surface area contributed by atoms with Gasteiger partial charge in [-0.2, -0.15) is 0 Å². The molecule has 0 aromatic heterocycles. The number of halogens is 2. The highest BCUT2D eigenvalue weighted by molar-refractivity contribution is 8.26. The number of aliphatic hydroxyl groups excluding tert-OH is 1. The molecule has 0 aromatic carbocycles. The molecule has 5 heteroatoms. The molecule has 0 bridgehead atoms. The zero-order chi connectivity index (χ0) is 8.69. The molecule has 0 radical (unpaired) electrons. The minimum atomic E-state index is -1.67. The molecule has 2 nitrogen and oxygen atoms in total. The Morgan fingerprint density at radius 2 is 1.55 bits per heavy atom. The third-order valence-corrected chi connectivity index (χ3v) is 1.57. The number of aliphatic hydroxyl groups is 1. The molecule has 1 fully saturated rings. The second kappa shape index (κ2) is 7.35. The molecular weight excluding hydrogens is 207 g/mol. The van der Waals surface area contributed by atoms with Crippen LogP contribution in [-0.2, 0) is 9.23 Å². The third kappa shape index (κ3) is 10.7. The molecule has 0 atom stereocenters. The van der Waals surface area contributed by atoms with Gasteiger partial charge in [0.05, 0.1) is 6.10 Å². The van der Waals surface area contributed by atoms with Crippen LogP contribution in [0.4, 0.5) is 0 Å².